The first kappa shape index (κ1) is 22.4. The van der Waals surface area contributed by atoms with Gasteiger partial charge >= 0.3 is 6.09 Å². The summed E-state index contributed by atoms with van der Waals surface area (Å²) in [6.45, 7) is 16.9. The quantitative estimate of drug-likeness (QED) is 0.813. The normalized spacial score (nSPS) is 21.0. The standard InChI is InChI=1S/C23H36N4O3/c1-21(2,3)30-20(29)27-12-10-26(11-13-27)17-9-8-16(14-24-17)18(28)25-19-22(4,5)15-23(19,6)7/h8-9,14,19H,10-13,15H2,1-7H3,(H,25,28). The fourth-order valence-corrected chi connectivity index (χ4v) is 5.06. The Morgan fingerprint density at radius 2 is 1.67 bits per heavy atom. The van der Waals surface area contributed by atoms with Gasteiger partial charge in [-0.15, -0.1) is 0 Å². The molecule has 7 heteroatoms. The molecule has 2 aliphatic rings. The number of nitrogens with one attached hydrogen (secondary N) is 1. The molecule has 0 spiro atoms. The molecule has 0 bridgehead atoms. The first-order valence-electron chi connectivity index (χ1n) is 10.8. The highest BCUT2D eigenvalue weighted by molar-refractivity contribution is 5.94. The molecule has 30 heavy (non-hydrogen) atoms. The van der Waals surface area contributed by atoms with Crippen LogP contribution in [0.25, 0.3) is 0 Å². The Bertz CT molecular complexity index is 774. The van der Waals surface area contributed by atoms with Crippen LogP contribution in [-0.4, -0.2) is 59.7 Å². The molecule has 0 radical (unpaired) electrons. The van der Waals surface area contributed by atoms with Gasteiger partial charge in [0.15, 0.2) is 0 Å². The molecule has 1 aliphatic carbocycles. The first-order chi connectivity index (χ1) is 13.8. The second kappa shape index (κ2) is 7.75. The molecule has 0 unspecified atom stereocenters. The molecule has 3 rings (SSSR count). The predicted molar refractivity (Wildman–Crippen MR) is 118 cm³/mol. The minimum absolute atomic E-state index is 0.0744. The van der Waals surface area contributed by atoms with E-state index < -0.39 is 5.60 Å². The van der Waals surface area contributed by atoms with Crippen molar-refractivity contribution in [3.05, 3.63) is 23.9 Å². The molecular formula is C23H36N4O3. The van der Waals surface area contributed by atoms with Crippen LogP contribution >= 0.6 is 0 Å². The maximum atomic E-state index is 12.7. The Kier molecular flexibility index (Phi) is 5.78. The molecule has 1 N–H and O–H groups in total. The lowest BCUT2D eigenvalue weighted by Crippen LogP contribution is -2.63. The average molecular weight is 417 g/mol. The third-order valence-corrected chi connectivity index (χ3v) is 6.02. The van der Waals surface area contributed by atoms with Crippen molar-refractivity contribution in [3.8, 4) is 0 Å². The van der Waals surface area contributed by atoms with E-state index in [-0.39, 0.29) is 28.9 Å². The van der Waals surface area contributed by atoms with E-state index in [9.17, 15) is 9.59 Å². The number of hydrogen-bond donors (Lipinski definition) is 1. The lowest BCUT2D eigenvalue weighted by atomic mass is 9.52. The fourth-order valence-electron chi connectivity index (χ4n) is 5.06. The van der Waals surface area contributed by atoms with E-state index in [2.05, 4.69) is 42.9 Å². The Morgan fingerprint density at radius 3 is 2.13 bits per heavy atom. The summed E-state index contributed by atoms with van der Waals surface area (Å²) in [5.41, 5.74) is 0.307. The van der Waals surface area contributed by atoms with Crippen molar-refractivity contribution in [1.29, 1.82) is 0 Å². The number of anilines is 1. The van der Waals surface area contributed by atoms with Crippen molar-refractivity contribution < 1.29 is 14.3 Å². The molecule has 1 saturated heterocycles. The highest BCUT2D eigenvalue weighted by Crippen LogP contribution is 2.53. The van der Waals surface area contributed by atoms with Crippen molar-refractivity contribution in [2.75, 3.05) is 31.1 Å². The maximum Gasteiger partial charge on any atom is 0.410 e. The van der Waals surface area contributed by atoms with E-state index in [1.165, 1.54) is 0 Å². The molecule has 0 aromatic carbocycles. The van der Waals surface area contributed by atoms with Gasteiger partial charge in [0.2, 0.25) is 0 Å². The van der Waals surface area contributed by atoms with Gasteiger partial charge in [-0.05, 0) is 50.2 Å². The molecule has 1 aromatic heterocycles. The number of ether oxygens (including phenoxy) is 1. The van der Waals surface area contributed by atoms with Crippen molar-refractivity contribution in [2.24, 2.45) is 10.8 Å². The fraction of sp³-hybridized carbons (Fsp3) is 0.696. The van der Waals surface area contributed by atoms with Crippen LogP contribution in [0.3, 0.4) is 0 Å². The Morgan fingerprint density at radius 1 is 1.07 bits per heavy atom. The minimum Gasteiger partial charge on any atom is -0.444 e. The van der Waals surface area contributed by atoms with Crippen molar-refractivity contribution in [1.82, 2.24) is 15.2 Å². The van der Waals surface area contributed by atoms with Crippen LogP contribution in [0, 0.1) is 10.8 Å². The van der Waals surface area contributed by atoms with Crippen molar-refractivity contribution >= 4 is 17.8 Å². The summed E-state index contributed by atoms with van der Waals surface area (Å²) >= 11 is 0. The third-order valence-electron chi connectivity index (χ3n) is 6.02. The zero-order valence-electron chi connectivity index (χ0n) is 19.4. The Hall–Kier alpha value is -2.31. The zero-order chi connectivity index (χ0) is 22.3. The number of carbonyl (C=O) groups is 2. The van der Waals surface area contributed by atoms with Crippen LogP contribution < -0.4 is 10.2 Å². The average Bonchev–Trinajstić information content (AvgIpc) is 2.64. The van der Waals surface area contributed by atoms with E-state index in [4.69, 9.17) is 4.74 Å². The van der Waals surface area contributed by atoms with E-state index in [0.29, 0.717) is 31.7 Å². The molecule has 1 saturated carbocycles. The van der Waals surface area contributed by atoms with Crippen molar-refractivity contribution in [3.63, 3.8) is 0 Å². The Balaban J connectivity index is 1.55. The summed E-state index contributed by atoms with van der Waals surface area (Å²) in [6, 6.07) is 3.86. The van der Waals surface area contributed by atoms with Crippen LogP contribution in [-0.2, 0) is 4.74 Å². The monoisotopic (exact) mass is 416 g/mol. The summed E-state index contributed by atoms with van der Waals surface area (Å²) < 4.78 is 5.44. The minimum atomic E-state index is -0.490. The van der Waals surface area contributed by atoms with Gasteiger partial charge in [-0.2, -0.15) is 0 Å². The molecule has 0 atom stereocenters. The topological polar surface area (TPSA) is 74.8 Å². The number of pyridine rings is 1. The van der Waals surface area contributed by atoms with Gasteiger partial charge in [0, 0.05) is 38.4 Å². The number of carbonyl (C=O) groups excluding carboxylic acids is 2. The smallest absolute Gasteiger partial charge is 0.410 e. The molecule has 7 nitrogen and oxygen atoms in total. The molecular weight excluding hydrogens is 380 g/mol. The van der Waals surface area contributed by atoms with E-state index in [1.54, 1.807) is 11.1 Å². The summed E-state index contributed by atoms with van der Waals surface area (Å²) in [5, 5.41) is 3.20. The van der Waals surface area contributed by atoms with Gasteiger partial charge < -0.3 is 19.9 Å². The summed E-state index contributed by atoms with van der Waals surface area (Å²) in [5.74, 6) is 0.745. The Labute approximate surface area is 180 Å². The number of piperazine rings is 1. The van der Waals surface area contributed by atoms with E-state index in [0.717, 1.165) is 12.2 Å². The number of amides is 2. The van der Waals surface area contributed by atoms with Gasteiger partial charge in [0.05, 0.1) is 5.56 Å². The van der Waals surface area contributed by atoms with Crippen LogP contribution in [0.15, 0.2) is 18.3 Å². The molecule has 2 amide bonds. The zero-order valence-corrected chi connectivity index (χ0v) is 19.4. The number of hydrogen-bond acceptors (Lipinski definition) is 5. The predicted octanol–water partition coefficient (Wildman–Crippen LogP) is 3.69. The van der Waals surface area contributed by atoms with Gasteiger partial charge in [0.25, 0.3) is 5.91 Å². The SMILES string of the molecule is CC(C)(C)OC(=O)N1CCN(c2ccc(C(=O)NC3C(C)(C)CC3(C)C)cn2)CC1. The summed E-state index contributed by atoms with van der Waals surface area (Å²) in [4.78, 5) is 33.3. The molecule has 166 valence electrons. The molecule has 2 heterocycles. The number of rotatable bonds is 3. The molecule has 1 aliphatic heterocycles. The largest absolute Gasteiger partial charge is 0.444 e. The van der Waals surface area contributed by atoms with Crippen LogP contribution in [0.1, 0.15) is 65.2 Å². The lowest BCUT2D eigenvalue weighted by Gasteiger charge is -2.57. The lowest BCUT2D eigenvalue weighted by molar-refractivity contribution is -0.0366. The van der Waals surface area contributed by atoms with Gasteiger partial charge in [0.1, 0.15) is 11.4 Å². The van der Waals surface area contributed by atoms with Crippen LogP contribution in [0.4, 0.5) is 10.6 Å². The van der Waals surface area contributed by atoms with Crippen molar-refractivity contribution in [2.45, 2.75) is 66.5 Å². The third kappa shape index (κ3) is 4.87. The second-order valence-corrected chi connectivity index (χ2v) is 10.9. The van der Waals surface area contributed by atoms with Crippen LogP contribution in [0.5, 0.6) is 0 Å². The van der Waals surface area contributed by atoms with Crippen LogP contribution in [0.2, 0.25) is 0 Å². The van der Waals surface area contributed by atoms with Gasteiger partial charge in [-0.1, -0.05) is 27.7 Å². The summed E-state index contributed by atoms with van der Waals surface area (Å²) in [7, 11) is 0. The second-order valence-electron chi connectivity index (χ2n) is 10.9. The number of aromatic nitrogens is 1. The number of nitrogens with zero attached hydrogens (tertiary/aromatic N) is 3. The van der Waals surface area contributed by atoms with E-state index in [1.807, 2.05) is 32.9 Å². The highest BCUT2D eigenvalue weighted by atomic mass is 16.6. The van der Waals surface area contributed by atoms with E-state index >= 15 is 0 Å². The van der Waals surface area contributed by atoms with Gasteiger partial charge in [-0.25, -0.2) is 9.78 Å². The maximum absolute atomic E-state index is 12.7. The molecule has 2 fully saturated rings. The first-order valence-corrected chi connectivity index (χ1v) is 10.8. The molecule has 1 aromatic rings. The van der Waals surface area contributed by atoms with Gasteiger partial charge in [-0.3, -0.25) is 4.79 Å². The highest BCUT2D eigenvalue weighted by Gasteiger charge is 2.53. The summed E-state index contributed by atoms with van der Waals surface area (Å²) in [6.07, 6.45) is 2.46.